The summed E-state index contributed by atoms with van der Waals surface area (Å²) in [6, 6.07) is 4.87. The third-order valence-corrected chi connectivity index (χ3v) is 5.22. The maximum absolute atomic E-state index is 13.1. The minimum atomic E-state index is -0.851. The first-order valence-electron chi connectivity index (χ1n) is 9.40. The van der Waals surface area contributed by atoms with E-state index in [1.54, 1.807) is 18.2 Å². The molecule has 0 saturated carbocycles. The topological polar surface area (TPSA) is 132 Å². The number of fused-ring (bicyclic) bond motifs is 1. The van der Waals surface area contributed by atoms with Crippen LogP contribution in [-0.4, -0.2) is 55.2 Å². The molecule has 0 radical (unpaired) electrons. The molecule has 4 rings (SSSR count). The van der Waals surface area contributed by atoms with Gasteiger partial charge >= 0.3 is 0 Å². The van der Waals surface area contributed by atoms with Crippen molar-refractivity contribution in [3.05, 3.63) is 28.8 Å². The lowest BCUT2D eigenvalue weighted by Gasteiger charge is -2.30. The van der Waals surface area contributed by atoms with Crippen molar-refractivity contribution in [2.45, 2.75) is 12.3 Å². The van der Waals surface area contributed by atoms with E-state index in [1.807, 2.05) is 4.90 Å². The fraction of sp³-hybridized carbons (Fsp3) is 0.368. The molecule has 30 heavy (non-hydrogen) atoms. The van der Waals surface area contributed by atoms with Crippen molar-refractivity contribution < 1.29 is 19.1 Å². The molecule has 2 amide bonds. The van der Waals surface area contributed by atoms with Crippen LogP contribution in [0.1, 0.15) is 17.9 Å². The Bertz CT molecular complexity index is 995. The molecule has 2 aliphatic heterocycles. The minimum Gasteiger partial charge on any atom is -0.495 e. The number of nitrogen functional groups attached to an aromatic ring is 1. The molecule has 3 heterocycles. The molecule has 10 nitrogen and oxygen atoms in total. The molecule has 1 saturated heterocycles. The van der Waals surface area contributed by atoms with E-state index in [0.717, 1.165) is 0 Å². The number of methoxy groups -OCH3 is 1. The molecule has 1 aromatic carbocycles. The number of rotatable bonds is 4. The Morgan fingerprint density at radius 3 is 2.87 bits per heavy atom. The molecule has 0 unspecified atom stereocenters. The summed E-state index contributed by atoms with van der Waals surface area (Å²) in [7, 11) is 1.49. The lowest BCUT2D eigenvalue weighted by atomic mass is 9.92. The average Bonchev–Trinajstić information content (AvgIpc) is 2.73. The van der Waals surface area contributed by atoms with Crippen LogP contribution in [0.15, 0.2) is 18.2 Å². The van der Waals surface area contributed by atoms with Crippen molar-refractivity contribution in [2.75, 3.05) is 54.7 Å². The van der Waals surface area contributed by atoms with Crippen molar-refractivity contribution in [1.29, 1.82) is 0 Å². The van der Waals surface area contributed by atoms with Crippen LogP contribution in [-0.2, 0) is 14.3 Å². The Hall–Kier alpha value is -3.11. The normalized spacial score (nSPS) is 18.4. The largest absolute Gasteiger partial charge is 0.495 e. The molecule has 1 aromatic heterocycles. The predicted octanol–water partition coefficient (Wildman–Crippen LogP) is 1.62. The van der Waals surface area contributed by atoms with Crippen LogP contribution in [0.2, 0.25) is 5.02 Å². The predicted molar refractivity (Wildman–Crippen MR) is 112 cm³/mol. The van der Waals surface area contributed by atoms with Crippen LogP contribution < -0.4 is 26.0 Å². The zero-order chi connectivity index (χ0) is 21.3. The number of ether oxygens (including phenoxy) is 2. The van der Waals surface area contributed by atoms with E-state index in [1.165, 1.54) is 7.11 Å². The Balaban J connectivity index is 1.65. The number of hydrogen-bond donors (Lipinski definition) is 3. The molecular formula is C19H21ClN6O4. The van der Waals surface area contributed by atoms with Crippen LogP contribution in [0.3, 0.4) is 0 Å². The van der Waals surface area contributed by atoms with Gasteiger partial charge in [0.05, 0.1) is 37.5 Å². The summed E-state index contributed by atoms with van der Waals surface area (Å²) in [4.78, 5) is 36.1. The molecule has 0 aliphatic carbocycles. The number of halogens is 1. The molecule has 158 valence electrons. The highest BCUT2D eigenvalue weighted by Crippen LogP contribution is 2.37. The maximum atomic E-state index is 13.1. The van der Waals surface area contributed by atoms with E-state index < -0.39 is 11.8 Å². The standard InChI is InChI=1S/C19H21ClN6O4/c1-29-13-3-2-10(20)8-12(13)22-18(28)11-9-14(27)23-17-15(11)16(21)24-19(25-17)26-4-6-30-7-5-26/h2-3,8,11H,4-7,9H2,1H3,(H,22,28)(H3,21,23,24,25,27)/t11-/m1/s1. The number of nitrogens with two attached hydrogens (primary N) is 1. The van der Waals surface area contributed by atoms with Gasteiger partial charge in [-0.25, -0.2) is 0 Å². The molecular weight excluding hydrogens is 412 g/mol. The second kappa shape index (κ2) is 8.33. The van der Waals surface area contributed by atoms with Gasteiger partial charge in [-0.1, -0.05) is 11.6 Å². The summed E-state index contributed by atoms with van der Waals surface area (Å²) in [6.45, 7) is 2.34. The number of benzene rings is 1. The number of amides is 2. The third kappa shape index (κ3) is 3.96. The zero-order valence-electron chi connectivity index (χ0n) is 16.3. The van der Waals surface area contributed by atoms with Gasteiger partial charge in [-0.15, -0.1) is 0 Å². The number of aromatic nitrogens is 2. The molecule has 11 heteroatoms. The van der Waals surface area contributed by atoms with E-state index in [2.05, 4.69) is 20.6 Å². The van der Waals surface area contributed by atoms with Crippen molar-refractivity contribution >= 4 is 46.7 Å². The fourth-order valence-corrected chi connectivity index (χ4v) is 3.68. The SMILES string of the molecule is COc1ccc(Cl)cc1NC(=O)[C@@H]1CC(=O)Nc2nc(N3CCOCC3)nc(N)c21. The number of nitrogens with zero attached hydrogens (tertiary/aromatic N) is 3. The first-order valence-corrected chi connectivity index (χ1v) is 9.78. The van der Waals surface area contributed by atoms with Crippen molar-refractivity contribution in [3.63, 3.8) is 0 Å². The zero-order valence-corrected chi connectivity index (χ0v) is 17.0. The van der Waals surface area contributed by atoms with E-state index in [4.69, 9.17) is 26.8 Å². The highest BCUT2D eigenvalue weighted by molar-refractivity contribution is 6.31. The highest BCUT2D eigenvalue weighted by atomic mass is 35.5. The van der Waals surface area contributed by atoms with Crippen LogP contribution in [0, 0.1) is 0 Å². The second-order valence-corrected chi connectivity index (χ2v) is 7.35. The number of nitrogens with one attached hydrogen (secondary N) is 2. The summed E-state index contributed by atoms with van der Waals surface area (Å²) < 4.78 is 10.6. The number of carbonyl (C=O) groups is 2. The Labute approximate surface area is 177 Å². The summed E-state index contributed by atoms with van der Waals surface area (Å²) in [5, 5.41) is 5.92. The minimum absolute atomic E-state index is 0.0772. The number of anilines is 4. The Morgan fingerprint density at radius 1 is 1.37 bits per heavy atom. The summed E-state index contributed by atoms with van der Waals surface area (Å²) in [5.41, 5.74) is 7.00. The van der Waals surface area contributed by atoms with Crippen molar-refractivity contribution in [3.8, 4) is 5.75 Å². The third-order valence-electron chi connectivity index (χ3n) is 4.99. The quantitative estimate of drug-likeness (QED) is 0.664. The van der Waals surface area contributed by atoms with E-state index in [0.29, 0.717) is 54.3 Å². The second-order valence-electron chi connectivity index (χ2n) is 6.91. The van der Waals surface area contributed by atoms with Crippen LogP contribution in [0.25, 0.3) is 0 Å². The highest BCUT2D eigenvalue weighted by Gasteiger charge is 2.35. The van der Waals surface area contributed by atoms with Gasteiger partial charge < -0.3 is 30.7 Å². The molecule has 2 aliphatic rings. The van der Waals surface area contributed by atoms with E-state index in [9.17, 15) is 9.59 Å². The maximum Gasteiger partial charge on any atom is 0.232 e. The molecule has 2 aromatic rings. The van der Waals surface area contributed by atoms with Gasteiger partial charge in [-0.05, 0) is 18.2 Å². The fourth-order valence-electron chi connectivity index (χ4n) is 3.51. The number of morpholine rings is 1. The van der Waals surface area contributed by atoms with Gasteiger partial charge in [0.15, 0.2) is 0 Å². The monoisotopic (exact) mass is 432 g/mol. The molecule has 0 spiro atoms. The van der Waals surface area contributed by atoms with Crippen molar-refractivity contribution in [2.24, 2.45) is 0 Å². The summed E-state index contributed by atoms with van der Waals surface area (Å²) in [5.74, 6) is -0.366. The van der Waals surface area contributed by atoms with Gasteiger partial charge in [-0.2, -0.15) is 9.97 Å². The average molecular weight is 433 g/mol. The van der Waals surface area contributed by atoms with Crippen LogP contribution in [0.4, 0.5) is 23.3 Å². The first kappa shape index (κ1) is 20.2. The lowest BCUT2D eigenvalue weighted by molar-refractivity contribution is -0.123. The van der Waals surface area contributed by atoms with Gasteiger partial charge in [0.1, 0.15) is 17.4 Å². The lowest BCUT2D eigenvalue weighted by Crippen LogP contribution is -2.38. The Kier molecular flexibility index (Phi) is 5.60. The van der Waals surface area contributed by atoms with E-state index >= 15 is 0 Å². The van der Waals surface area contributed by atoms with E-state index in [-0.39, 0.29) is 24.0 Å². The molecule has 4 N–H and O–H groups in total. The van der Waals surface area contributed by atoms with Gasteiger partial charge in [0, 0.05) is 24.5 Å². The molecule has 1 fully saturated rings. The van der Waals surface area contributed by atoms with Crippen LogP contribution >= 0.6 is 11.6 Å². The summed E-state index contributed by atoms with van der Waals surface area (Å²) >= 11 is 6.04. The number of carbonyl (C=O) groups excluding carboxylic acids is 2. The first-order chi connectivity index (χ1) is 14.5. The summed E-state index contributed by atoms with van der Waals surface area (Å²) in [6.07, 6.45) is -0.0772. The Morgan fingerprint density at radius 2 is 2.13 bits per heavy atom. The van der Waals surface area contributed by atoms with Gasteiger partial charge in [-0.3, -0.25) is 9.59 Å². The smallest absolute Gasteiger partial charge is 0.232 e. The van der Waals surface area contributed by atoms with Gasteiger partial charge in [0.2, 0.25) is 17.8 Å². The molecule has 1 atom stereocenters. The molecule has 0 bridgehead atoms. The van der Waals surface area contributed by atoms with Gasteiger partial charge in [0.25, 0.3) is 0 Å². The van der Waals surface area contributed by atoms with Crippen LogP contribution in [0.5, 0.6) is 5.75 Å². The van der Waals surface area contributed by atoms with Crippen molar-refractivity contribution in [1.82, 2.24) is 9.97 Å². The number of hydrogen-bond acceptors (Lipinski definition) is 8.